The zero-order valence-electron chi connectivity index (χ0n) is 54.3. The van der Waals surface area contributed by atoms with E-state index in [9.17, 15) is 4.79 Å². The van der Waals surface area contributed by atoms with Gasteiger partial charge in [-0.25, -0.2) is 4.79 Å². The van der Waals surface area contributed by atoms with Crippen molar-refractivity contribution in [3.8, 4) is 0 Å². The molecule has 13 atom stereocenters. The average Bonchev–Trinajstić information content (AvgIpc) is 3.61. The van der Waals surface area contributed by atoms with Gasteiger partial charge >= 0.3 is 6.16 Å². The molecule has 1 unspecified atom stereocenters. The molecule has 0 aliphatic carbocycles. The summed E-state index contributed by atoms with van der Waals surface area (Å²) in [5, 5.41) is 0. The fraction of sp³-hybridized carbons (Fsp3) is 0.687. The predicted octanol–water partition coefficient (Wildman–Crippen LogP) is 15.7. The number of carbonyl (C=O) groups is 1. The fourth-order valence-corrected chi connectivity index (χ4v) is 31.6. The van der Waals surface area contributed by atoms with Crippen LogP contribution in [0, 0.1) is 0 Å². The first-order valence-corrected chi connectivity index (χ1v) is 38.0. The maximum absolute atomic E-state index is 13.7. The van der Waals surface area contributed by atoms with Crippen LogP contribution in [0.2, 0.25) is 49.9 Å². The van der Waals surface area contributed by atoms with Crippen molar-refractivity contribution in [3.63, 3.8) is 0 Å². The van der Waals surface area contributed by atoms with Crippen LogP contribution in [-0.2, 0) is 80.5 Å². The van der Waals surface area contributed by atoms with Crippen LogP contribution in [0.3, 0.4) is 0 Å². The summed E-state index contributed by atoms with van der Waals surface area (Å²) in [4.78, 5) is 13.7. The third-order valence-corrected chi connectivity index (χ3v) is 37.1. The summed E-state index contributed by atoms with van der Waals surface area (Å²) in [6.45, 7) is 43.9. The normalized spacial score (nSPS) is 27.9. The Balaban J connectivity index is 1.35. The van der Waals surface area contributed by atoms with Crippen LogP contribution >= 0.6 is 0 Å². The number of hydrogen-bond donors (Lipinski definition) is 0. The molecule has 0 saturated carbocycles. The van der Waals surface area contributed by atoms with E-state index in [0.717, 1.165) is 16.7 Å². The summed E-state index contributed by atoms with van der Waals surface area (Å²) in [7, 11) is -7.71. The molecule has 7 rings (SSSR count). The van der Waals surface area contributed by atoms with Crippen LogP contribution in [0.5, 0.6) is 0 Å². The largest absolute Gasteiger partial charge is 0.509 e. The van der Waals surface area contributed by atoms with Crippen LogP contribution < -0.4 is 0 Å². The van der Waals surface area contributed by atoms with E-state index in [1.54, 1.807) is 6.26 Å². The number of benzene rings is 3. The van der Waals surface area contributed by atoms with Gasteiger partial charge in [0, 0.05) is 0 Å². The van der Waals surface area contributed by atoms with Crippen LogP contribution in [0.4, 0.5) is 4.79 Å². The monoisotopic (exact) mass is 1220 g/mol. The zero-order valence-corrected chi connectivity index (χ0v) is 57.3. The summed E-state index contributed by atoms with van der Waals surface area (Å²) in [5.41, 5.74) is 5.30. The number of ether oxygens (including phenoxy) is 10. The second kappa shape index (κ2) is 30.3. The number of fused-ring (bicyclic) bond motifs is 1. The molecule has 3 aromatic rings. The second-order valence-corrected chi connectivity index (χ2v) is 43.1. The second-order valence-electron chi connectivity index (χ2n) is 26.8. The Labute approximate surface area is 508 Å². The third-order valence-electron chi connectivity index (χ3n) is 18.9. The molecule has 17 heteroatoms. The van der Waals surface area contributed by atoms with Gasteiger partial charge in [-0.05, 0) is 79.6 Å². The Morgan fingerprint density at radius 2 is 0.821 bits per heavy atom. The van der Waals surface area contributed by atoms with Gasteiger partial charge in [-0.1, -0.05) is 216 Å². The molecule has 0 amide bonds. The summed E-state index contributed by atoms with van der Waals surface area (Å²) in [6.07, 6.45) is -7.78. The average molecular weight is 1220 g/mol. The van der Waals surface area contributed by atoms with Crippen LogP contribution in [0.25, 0.3) is 0 Å². The number of rotatable bonds is 30. The van der Waals surface area contributed by atoms with Crippen molar-refractivity contribution in [2.75, 3.05) is 13.2 Å². The first kappa shape index (κ1) is 68.2. The highest BCUT2D eigenvalue weighted by Gasteiger charge is 2.61. The maximum Gasteiger partial charge on any atom is 0.509 e. The lowest BCUT2D eigenvalue weighted by atomic mass is 9.97. The van der Waals surface area contributed by atoms with Gasteiger partial charge in [-0.2, -0.15) is 0 Å². The molecule has 0 N–H and O–H groups in total. The van der Waals surface area contributed by atoms with Gasteiger partial charge in [0.15, 0.2) is 33.1 Å². The Morgan fingerprint density at radius 1 is 0.429 bits per heavy atom. The van der Waals surface area contributed by atoms with Gasteiger partial charge < -0.3 is 60.6 Å². The van der Waals surface area contributed by atoms with Gasteiger partial charge in [0.05, 0.1) is 45.4 Å². The van der Waals surface area contributed by atoms with Crippen molar-refractivity contribution in [1.82, 2.24) is 0 Å². The minimum Gasteiger partial charge on any atom is -0.493 e. The molecule has 0 radical (unpaired) electrons. The molecule has 0 bridgehead atoms. The first-order valence-electron chi connectivity index (χ1n) is 31.6. The minimum atomic E-state index is -2.76. The van der Waals surface area contributed by atoms with Crippen molar-refractivity contribution in [1.29, 1.82) is 0 Å². The van der Waals surface area contributed by atoms with Gasteiger partial charge in [-0.3, -0.25) is 0 Å². The summed E-state index contributed by atoms with van der Waals surface area (Å²) in [5.74, 6) is 0. The van der Waals surface area contributed by atoms with E-state index >= 15 is 0 Å². The molecule has 14 nitrogen and oxygen atoms in total. The molecule has 4 heterocycles. The van der Waals surface area contributed by atoms with Crippen LogP contribution in [-0.4, -0.2) is 124 Å². The quantitative estimate of drug-likeness (QED) is 0.0462. The lowest BCUT2D eigenvalue weighted by molar-refractivity contribution is -0.349. The maximum atomic E-state index is 13.7. The number of hydrogen-bond acceptors (Lipinski definition) is 14. The molecular weight excluding hydrogens is 1110 g/mol. The SMILES string of the molecule is CC(C)[Si](OC[C@H]1OC(O[C@@H]2C=CO[C@H](CO[Si](C(C)C)(C(C)C)C(C)C)[C@H]2O[C@@H]2O[C@@H](C)[C@@H](OCc3ccccc3)[C@@H](OCc3ccccc3)[C@@H]2OCc2ccccc2)[C@H](O[Si](C(C)C)(C(C)C)C(C)C)[C@H]2OC(=O)O[C@H]21)(C(C)C)C(C)C. The molecule has 3 saturated heterocycles. The summed E-state index contributed by atoms with van der Waals surface area (Å²) >= 11 is 0. The molecule has 4 aliphatic heterocycles. The van der Waals surface area contributed by atoms with Crippen LogP contribution in [0.15, 0.2) is 103 Å². The molecule has 4 aliphatic rings. The van der Waals surface area contributed by atoms with Gasteiger partial charge in [0.2, 0.25) is 16.6 Å². The van der Waals surface area contributed by atoms with Crippen molar-refractivity contribution in [2.24, 2.45) is 0 Å². The molecular formula is C67H106O14Si3. The van der Waals surface area contributed by atoms with E-state index in [2.05, 4.69) is 149 Å². The van der Waals surface area contributed by atoms with Gasteiger partial charge in [0.1, 0.15) is 48.8 Å². The van der Waals surface area contributed by atoms with E-state index in [0.29, 0.717) is 39.9 Å². The molecule has 0 spiro atoms. The Hall–Kier alpha value is -3.28. The Kier molecular flexibility index (Phi) is 24.6. The molecule has 0 aromatic heterocycles. The van der Waals surface area contributed by atoms with E-state index < -0.39 is 111 Å². The van der Waals surface area contributed by atoms with Gasteiger partial charge in [-0.15, -0.1) is 0 Å². The van der Waals surface area contributed by atoms with E-state index in [4.69, 9.17) is 60.6 Å². The molecule has 3 aromatic carbocycles. The summed E-state index contributed by atoms with van der Waals surface area (Å²) in [6, 6.07) is 30.3. The van der Waals surface area contributed by atoms with Crippen LogP contribution in [0.1, 0.15) is 148 Å². The fourth-order valence-electron chi connectivity index (χ4n) is 15.2. The predicted molar refractivity (Wildman–Crippen MR) is 337 cm³/mol. The van der Waals surface area contributed by atoms with Crippen molar-refractivity contribution in [2.45, 2.75) is 281 Å². The first-order chi connectivity index (χ1) is 39.9. The van der Waals surface area contributed by atoms with Crippen molar-refractivity contribution < 1.29 is 65.4 Å². The zero-order chi connectivity index (χ0) is 61.3. The third kappa shape index (κ3) is 15.2. The Morgan fingerprint density at radius 3 is 1.26 bits per heavy atom. The van der Waals surface area contributed by atoms with E-state index in [-0.39, 0.29) is 43.1 Å². The van der Waals surface area contributed by atoms with Crippen molar-refractivity contribution in [3.05, 3.63) is 120 Å². The molecule has 470 valence electrons. The van der Waals surface area contributed by atoms with Gasteiger partial charge in [0.25, 0.3) is 0 Å². The van der Waals surface area contributed by atoms with E-state index in [1.807, 2.05) is 79.7 Å². The lowest BCUT2D eigenvalue weighted by Crippen LogP contribution is -2.65. The molecule has 84 heavy (non-hydrogen) atoms. The Bertz CT molecular complexity index is 2400. The highest BCUT2D eigenvalue weighted by atomic mass is 28.4. The summed E-state index contributed by atoms with van der Waals surface area (Å²) < 4.78 is 92.3. The minimum absolute atomic E-state index is 0.171. The highest BCUT2D eigenvalue weighted by molar-refractivity contribution is 6.78. The van der Waals surface area contributed by atoms with Crippen molar-refractivity contribution >= 4 is 31.1 Å². The molecule has 3 fully saturated rings. The van der Waals surface area contributed by atoms with E-state index in [1.165, 1.54) is 0 Å². The highest BCUT2D eigenvalue weighted by Crippen LogP contribution is 2.49. The smallest absolute Gasteiger partial charge is 0.493 e. The topological polar surface area (TPSA) is 137 Å². The number of carbonyl (C=O) groups excluding carboxylic acids is 1. The lowest BCUT2D eigenvalue weighted by Gasteiger charge is -2.51. The standard InChI is InChI=1S/C67H106O14Si3/c1-42(2)82(43(3)4,44(5)6)73-40-56-59(78-65-63(72-39-54-33-27-22-28-34-54)61(71-38-53-31-25-21-26-32-53)58(51(19)75-65)70-37-52-29-23-20-24-30-52)55(35-36-69-56)76-66-64(81-84(48(13)14,49(15)16)50(17)18)62-60(79-67(68)80-62)57(77-66)41-74-83(45(7)8,46(9)10)47(11)12/h20-36,42-51,55-66H,37-41H2,1-19H3/t51-,55+,56+,57+,58+,59-,60-,61+,62-,63-,64+,65-,66?/m0/s1.